The lowest BCUT2D eigenvalue weighted by Crippen LogP contribution is -2.13. The molecule has 2 rings (SSSR count). The summed E-state index contributed by atoms with van der Waals surface area (Å²) in [5.41, 5.74) is 7.98. The third-order valence-corrected chi connectivity index (χ3v) is 2.69. The van der Waals surface area contributed by atoms with Crippen molar-refractivity contribution >= 4 is 11.5 Å². The van der Waals surface area contributed by atoms with Gasteiger partial charge in [0, 0.05) is 23.4 Å². The molecule has 0 aliphatic heterocycles. The molecule has 5 heteroatoms. The van der Waals surface area contributed by atoms with E-state index in [1.807, 2.05) is 18.4 Å². The molecule has 0 spiro atoms. The lowest BCUT2D eigenvalue weighted by atomic mass is 10.0. The number of hydrogen-bond donors (Lipinski definition) is 1. The van der Waals surface area contributed by atoms with Gasteiger partial charge in [0.25, 0.3) is 0 Å². The van der Waals surface area contributed by atoms with Crippen LogP contribution in [0.1, 0.15) is 23.1 Å². The van der Waals surface area contributed by atoms with E-state index in [1.54, 1.807) is 6.26 Å². The molecule has 0 amide bonds. The normalized spacial score (nSPS) is 13.0. The Kier molecular flexibility index (Phi) is 2.60. The zero-order valence-electron chi connectivity index (χ0n) is 7.80. The van der Waals surface area contributed by atoms with Gasteiger partial charge in [-0.15, -0.1) is 5.10 Å². The van der Waals surface area contributed by atoms with Gasteiger partial charge < -0.3 is 10.2 Å². The molecule has 2 aromatic heterocycles. The largest absolute Gasteiger partial charge is 0.469 e. The Morgan fingerprint density at radius 1 is 1.64 bits per heavy atom. The van der Waals surface area contributed by atoms with Gasteiger partial charge in [-0.2, -0.15) is 0 Å². The average Bonchev–Trinajstić information content (AvgIpc) is 2.75. The third-order valence-electron chi connectivity index (χ3n) is 2.13. The SMILES string of the molecule is Cc1occc1C(N)Cc1csnn1. The van der Waals surface area contributed by atoms with E-state index in [4.69, 9.17) is 10.2 Å². The fourth-order valence-electron chi connectivity index (χ4n) is 1.39. The van der Waals surface area contributed by atoms with E-state index in [2.05, 4.69) is 9.59 Å². The number of hydrogen-bond acceptors (Lipinski definition) is 5. The molecule has 74 valence electrons. The van der Waals surface area contributed by atoms with Crippen LogP contribution in [0.4, 0.5) is 0 Å². The Morgan fingerprint density at radius 3 is 3.07 bits per heavy atom. The molecule has 4 nitrogen and oxygen atoms in total. The Labute approximate surface area is 85.9 Å². The van der Waals surface area contributed by atoms with Crippen molar-refractivity contribution in [1.29, 1.82) is 0 Å². The van der Waals surface area contributed by atoms with E-state index in [0.29, 0.717) is 6.42 Å². The number of aromatic nitrogens is 2. The van der Waals surface area contributed by atoms with Crippen molar-refractivity contribution < 1.29 is 4.42 Å². The topological polar surface area (TPSA) is 64.9 Å². The monoisotopic (exact) mass is 209 g/mol. The van der Waals surface area contributed by atoms with E-state index >= 15 is 0 Å². The first-order valence-electron chi connectivity index (χ1n) is 4.33. The summed E-state index contributed by atoms with van der Waals surface area (Å²) in [7, 11) is 0. The van der Waals surface area contributed by atoms with Crippen LogP contribution in [0.5, 0.6) is 0 Å². The van der Waals surface area contributed by atoms with Gasteiger partial charge in [-0.1, -0.05) is 4.49 Å². The lowest BCUT2D eigenvalue weighted by Gasteiger charge is -2.07. The highest BCUT2D eigenvalue weighted by atomic mass is 32.1. The minimum Gasteiger partial charge on any atom is -0.469 e. The van der Waals surface area contributed by atoms with Crippen LogP contribution in [0.25, 0.3) is 0 Å². The lowest BCUT2D eigenvalue weighted by molar-refractivity contribution is 0.523. The summed E-state index contributed by atoms with van der Waals surface area (Å²) in [5.74, 6) is 0.876. The molecule has 2 N–H and O–H groups in total. The van der Waals surface area contributed by atoms with Crippen molar-refractivity contribution in [3.05, 3.63) is 34.7 Å². The molecule has 1 atom stereocenters. The quantitative estimate of drug-likeness (QED) is 0.835. The fourth-order valence-corrected chi connectivity index (χ4v) is 1.85. The molecule has 0 saturated heterocycles. The number of rotatable bonds is 3. The molecule has 0 fully saturated rings. The summed E-state index contributed by atoms with van der Waals surface area (Å²) in [4.78, 5) is 0. The van der Waals surface area contributed by atoms with Crippen LogP contribution in [0.15, 0.2) is 22.1 Å². The fraction of sp³-hybridized carbons (Fsp3) is 0.333. The first-order chi connectivity index (χ1) is 6.77. The molecule has 0 aliphatic rings. The summed E-state index contributed by atoms with van der Waals surface area (Å²) in [6, 6.07) is 1.84. The molecule has 1 unspecified atom stereocenters. The van der Waals surface area contributed by atoms with Gasteiger partial charge in [-0.3, -0.25) is 0 Å². The summed E-state index contributed by atoms with van der Waals surface area (Å²) < 4.78 is 8.98. The van der Waals surface area contributed by atoms with Crippen molar-refractivity contribution in [1.82, 2.24) is 9.59 Å². The predicted molar refractivity (Wildman–Crippen MR) is 54.0 cm³/mol. The van der Waals surface area contributed by atoms with E-state index in [0.717, 1.165) is 17.0 Å². The van der Waals surface area contributed by atoms with E-state index < -0.39 is 0 Å². The third kappa shape index (κ3) is 1.83. The summed E-state index contributed by atoms with van der Waals surface area (Å²) in [6.45, 7) is 1.91. The number of nitrogens with zero attached hydrogens (tertiary/aromatic N) is 2. The van der Waals surface area contributed by atoms with E-state index in [-0.39, 0.29) is 6.04 Å². The second-order valence-corrected chi connectivity index (χ2v) is 3.75. The Hall–Kier alpha value is -1.20. The first-order valence-corrected chi connectivity index (χ1v) is 5.16. The first kappa shape index (κ1) is 9.36. The maximum Gasteiger partial charge on any atom is 0.105 e. The van der Waals surface area contributed by atoms with Gasteiger partial charge in [0.1, 0.15) is 5.76 Å². The van der Waals surface area contributed by atoms with Crippen molar-refractivity contribution in [2.24, 2.45) is 5.73 Å². The highest BCUT2D eigenvalue weighted by Crippen LogP contribution is 2.19. The zero-order valence-corrected chi connectivity index (χ0v) is 8.62. The highest BCUT2D eigenvalue weighted by molar-refractivity contribution is 7.03. The molecule has 2 aromatic rings. The van der Waals surface area contributed by atoms with Gasteiger partial charge in [0.15, 0.2) is 0 Å². The van der Waals surface area contributed by atoms with Crippen molar-refractivity contribution in [2.45, 2.75) is 19.4 Å². The van der Waals surface area contributed by atoms with Gasteiger partial charge in [-0.05, 0) is 24.5 Å². The molecule has 0 bridgehead atoms. The Bertz CT molecular complexity index is 396. The maximum atomic E-state index is 6.01. The van der Waals surface area contributed by atoms with Crippen LogP contribution in [0.3, 0.4) is 0 Å². The summed E-state index contributed by atoms with van der Waals surface area (Å²) >= 11 is 1.34. The van der Waals surface area contributed by atoms with E-state index in [1.165, 1.54) is 11.5 Å². The molecule has 0 aromatic carbocycles. The number of aryl methyl sites for hydroxylation is 1. The van der Waals surface area contributed by atoms with E-state index in [9.17, 15) is 0 Å². The second kappa shape index (κ2) is 3.89. The highest BCUT2D eigenvalue weighted by Gasteiger charge is 2.12. The average molecular weight is 209 g/mol. The van der Waals surface area contributed by atoms with Crippen LogP contribution in [0.2, 0.25) is 0 Å². The Morgan fingerprint density at radius 2 is 2.50 bits per heavy atom. The molecule has 0 radical (unpaired) electrons. The van der Waals surface area contributed by atoms with Gasteiger partial charge in [0.05, 0.1) is 12.0 Å². The second-order valence-electron chi connectivity index (χ2n) is 3.14. The molecule has 2 heterocycles. The molecular formula is C9H11N3OS. The van der Waals surface area contributed by atoms with Gasteiger partial charge >= 0.3 is 0 Å². The van der Waals surface area contributed by atoms with Crippen LogP contribution < -0.4 is 5.73 Å². The number of nitrogens with two attached hydrogens (primary N) is 1. The minimum absolute atomic E-state index is 0.0577. The number of furan rings is 1. The summed E-state index contributed by atoms with van der Waals surface area (Å²) in [6.07, 6.45) is 2.36. The molecular weight excluding hydrogens is 198 g/mol. The van der Waals surface area contributed by atoms with Crippen LogP contribution in [0, 0.1) is 6.92 Å². The predicted octanol–water partition coefficient (Wildman–Crippen LogP) is 1.68. The summed E-state index contributed by atoms with van der Waals surface area (Å²) in [5, 5.41) is 5.87. The van der Waals surface area contributed by atoms with Gasteiger partial charge in [-0.25, -0.2) is 0 Å². The zero-order chi connectivity index (χ0) is 9.97. The Balaban J connectivity index is 2.10. The van der Waals surface area contributed by atoms with Crippen molar-refractivity contribution in [3.63, 3.8) is 0 Å². The van der Waals surface area contributed by atoms with Crippen LogP contribution in [-0.2, 0) is 6.42 Å². The maximum absolute atomic E-state index is 6.01. The van der Waals surface area contributed by atoms with Crippen LogP contribution >= 0.6 is 11.5 Å². The minimum atomic E-state index is -0.0577. The van der Waals surface area contributed by atoms with Crippen molar-refractivity contribution in [2.75, 3.05) is 0 Å². The standard InChI is InChI=1S/C9H11N3OS/c1-6-8(2-3-13-6)9(10)4-7-5-14-12-11-7/h2-3,5,9H,4,10H2,1H3. The van der Waals surface area contributed by atoms with Crippen molar-refractivity contribution in [3.8, 4) is 0 Å². The smallest absolute Gasteiger partial charge is 0.105 e. The molecule has 0 aliphatic carbocycles. The molecule has 14 heavy (non-hydrogen) atoms. The van der Waals surface area contributed by atoms with Gasteiger partial charge in [0.2, 0.25) is 0 Å². The molecule has 0 saturated carbocycles. The van der Waals surface area contributed by atoms with Crippen LogP contribution in [-0.4, -0.2) is 9.59 Å².